The lowest BCUT2D eigenvalue weighted by Crippen LogP contribution is -2.58. The van der Waals surface area contributed by atoms with Crippen molar-refractivity contribution in [3.63, 3.8) is 0 Å². The Balaban J connectivity index is 1.48. The molecule has 0 radical (unpaired) electrons. The molecule has 150 valence electrons. The van der Waals surface area contributed by atoms with Crippen LogP contribution in [0.15, 0.2) is 12.5 Å². The van der Waals surface area contributed by atoms with Gasteiger partial charge in [0.05, 0.1) is 31.6 Å². The van der Waals surface area contributed by atoms with Gasteiger partial charge in [-0.05, 0) is 45.1 Å². The van der Waals surface area contributed by atoms with Gasteiger partial charge in [0.1, 0.15) is 0 Å². The Morgan fingerprint density at radius 1 is 1.37 bits per heavy atom. The summed E-state index contributed by atoms with van der Waals surface area (Å²) < 4.78 is 11.1. The van der Waals surface area contributed by atoms with Crippen molar-refractivity contribution in [2.24, 2.45) is 11.3 Å². The lowest BCUT2D eigenvalue weighted by molar-refractivity contribution is -0.170. The topological polar surface area (TPSA) is 70.7 Å². The van der Waals surface area contributed by atoms with Crippen LogP contribution in [0.4, 0.5) is 0 Å². The molecule has 0 aromatic carbocycles. The molecule has 4 rings (SSSR count). The van der Waals surface area contributed by atoms with E-state index in [2.05, 4.69) is 19.8 Å². The summed E-state index contributed by atoms with van der Waals surface area (Å²) in [7, 11) is 0. The molecule has 0 amide bonds. The molecular weight excluding hydrogens is 344 g/mol. The number of hydrogen-bond donors (Lipinski definition) is 1. The first-order chi connectivity index (χ1) is 13.2. The molecular formula is C20H32N4O3. The van der Waals surface area contributed by atoms with Crippen molar-refractivity contribution < 1.29 is 14.3 Å². The fourth-order valence-electron chi connectivity index (χ4n) is 5.35. The van der Waals surface area contributed by atoms with Crippen LogP contribution in [0.3, 0.4) is 0 Å². The van der Waals surface area contributed by atoms with Crippen molar-refractivity contribution in [1.29, 1.82) is 0 Å². The predicted molar refractivity (Wildman–Crippen MR) is 101 cm³/mol. The number of aromatic nitrogens is 2. The van der Waals surface area contributed by atoms with Gasteiger partial charge in [-0.25, -0.2) is 4.98 Å². The van der Waals surface area contributed by atoms with Crippen LogP contribution >= 0.6 is 0 Å². The van der Waals surface area contributed by atoms with Crippen LogP contribution in [0.5, 0.6) is 0 Å². The van der Waals surface area contributed by atoms with Crippen molar-refractivity contribution in [1.82, 2.24) is 19.8 Å². The molecule has 7 nitrogen and oxygen atoms in total. The largest absolute Gasteiger partial charge is 0.466 e. The van der Waals surface area contributed by atoms with Crippen molar-refractivity contribution in [3.05, 3.63) is 18.2 Å². The number of imidazole rings is 1. The molecule has 3 atom stereocenters. The SMILES string of the molecule is CCOC(=O)[C@@]12CC[C@@H](N3CCOCC3)C[C@H]1CCN(Cc1cnc[nH]1)C2. The normalized spacial score (nSPS) is 32.8. The number of likely N-dealkylation sites (tertiary alicyclic amines) is 1. The molecule has 2 aliphatic heterocycles. The maximum absolute atomic E-state index is 13.1. The van der Waals surface area contributed by atoms with E-state index in [9.17, 15) is 4.79 Å². The third-order valence-electron chi connectivity index (χ3n) is 6.75. The number of H-pyrrole nitrogens is 1. The van der Waals surface area contributed by atoms with E-state index in [4.69, 9.17) is 9.47 Å². The number of piperidine rings is 1. The Hall–Kier alpha value is -1.44. The van der Waals surface area contributed by atoms with Gasteiger partial charge in [-0.3, -0.25) is 14.6 Å². The highest BCUT2D eigenvalue weighted by atomic mass is 16.5. The number of ether oxygens (including phenoxy) is 2. The molecule has 1 aliphatic carbocycles. The smallest absolute Gasteiger partial charge is 0.313 e. The molecule has 2 saturated heterocycles. The van der Waals surface area contributed by atoms with Crippen molar-refractivity contribution in [2.75, 3.05) is 46.0 Å². The molecule has 0 spiro atoms. The zero-order valence-corrected chi connectivity index (χ0v) is 16.4. The van der Waals surface area contributed by atoms with Crippen LogP contribution in [-0.4, -0.2) is 77.8 Å². The Bertz CT molecular complexity index is 617. The average Bonchev–Trinajstić information content (AvgIpc) is 3.21. The highest BCUT2D eigenvalue weighted by molar-refractivity contribution is 5.78. The number of rotatable bonds is 5. The van der Waals surface area contributed by atoms with Gasteiger partial charge in [0.2, 0.25) is 0 Å². The summed E-state index contributed by atoms with van der Waals surface area (Å²) in [6.45, 7) is 8.73. The number of aromatic amines is 1. The van der Waals surface area contributed by atoms with E-state index >= 15 is 0 Å². The Morgan fingerprint density at radius 3 is 2.96 bits per heavy atom. The summed E-state index contributed by atoms with van der Waals surface area (Å²) in [6.07, 6.45) is 7.77. The fourth-order valence-corrected chi connectivity index (χ4v) is 5.35. The van der Waals surface area contributed by atoms with Crippen molar-refractivity contribution in [2.45, 2.75) is 45.2 Å². The van der Waals surface area contributed by atoms with Crippen LogP contribution in [0.25, 0.3) is 0 Å². The number of morpholine rings is 1. The first-order valence-corrected chi connectivity index (χ1v) is 10.4. The highest BCUT2D eigenvalue weighted by Gasteiger charge is 2.53. The second kappa shape index (κ2) is 8.29. The van der Waals surface area contributed by atoms with E-state index in [1.54, 1.807) is 6.33 Å². The summed E-state index contributed by atoms with van der Waals surface area (Å²) in [5.74, 6) is 0.431. The second-order valence-electron chi connectivity index (χ2n) is 8.23. The van der Waals surface area contributed by atoms with E-state index in [1.807, 2.05) is 13.1 Å². The number of fused-ring (bicyclic) bond motifs is 1. The third-order valence-corrected chi connectivity index (χ3v) is 6.75. The Morgan fingerprint density at radius 2 is 2.22 bits per heavy atom. The summed E-state index contributed by atoms with van der Waals surface area (Å²) in [5.41, 5.74) is 0.756. The molecule has 7 heteroatoms. The monoisotopic (exact) mass is 376 g/mol. The van der Waals surface area contributed by atoms with Gasteiger partial charge < -0.3 is 14.5 Å². The van der Waals surface area contributed by atoms with Gasteiger partial charge in [-0.15, -0.1) is 0 Å². The number of carbonyl (C=O) groups is 1. The zero-order chi connectivity index (χ0) is 18.7. The summed E-state index contributed by atoms with van der Waals surface area (Å²) in [4.78, 5) is 25.4. The van der Waals surface area contributed by atoms with E-state index in [-0.39, 0.29) is 11.4 Å². The summed E-state index contributed by atoms with van der Waals surface area (Å²) in [6, 6.07) is 0.584. The van der Waals surface area contributed by atoms with E-state index in [0.29, 0.717) is 18.6 Å². The molecule has 1 aromatic rings. The minimum Gasteiger partial charge on any atom is -0.466 e. The first-order valence-electron chi connectivity index (χ1n) is 10.4. The number of nitrogens with one attached hydrogen (secondary N) is 1. The van der Waals surface area contributed by atoms with E-state index in [1.165, 1.54) is 0 Å². The van der Waals surface area contributed by atoms with Crippen LogP contribution in [-0.2, 0) is 20.8 Å². The predicted octanol–water partition coefficient (Wildman–Crippen LogP) is 1.67. The number of esters is 1. The second-order valence-corrected chi connectivity index (χ2v) is 8.23. The third kappa shape index (κ3) is 3.91. The number of carbonyl (C=O) groups excluding carboxylic acids is 1. The Labute approximate surface area is 161 Å². The lowest BCUT2D eigenvalue weighted by atomic mass is 9.61. The molecule has 0 unspecified atom stereocenters. The van der Waals surface area contributed by atoms with E-state index in [0.717, 1.165) is 77.3 Å². The van der Waals surface area contributed by atoms with Crippen molar-refractivity contribution >= 4 is 5.97 Å². The molecule has 3 fully saturated rings. The van der Waals surface area contributed by atoms with Gasteiger partial charge in [-0.2, -0.15) is 0 Å². The molecule has 3 heterocycles. The summed E-state index contributed by atoms with van der Waals surface area (Å²) in [5, 5.41) is 0. The minimum absolute atomic E-state index is 0.0183. The Kier molecular flexibility index (Phi) is 5.80. The van der Waals surface area contributed by atoms with Gasteiger partial charge >= 0.3 is 5.97 Å². The van der Waals surface area contributed by atoms with Crippen molar-refractivity contribution in [3.8, 4) is 0 Å². The lowest BCUT2D eigenvalue weighted by Gasteiger charge is -2.52. The number of nitrogens with zero attached hydrogens (tertiary/aromatic N) is 3. The first kappa shape index (κ1) is 18.9. The quantitative estimate of drug-likeness (QED) is 0.789. The van der Waals surface area contributed by atoms with E-state index < -0.39 is 0 Å². The molecule has 1 N–H and O–H groups in total. The maximum atomic E-state index is 13.1. The molecule has 3 aliphatic rings. The van der Waals surface area contributed by atoms with Gasteiger partial charge in [-0.1, -0.05) is 0 Å². The van der Waals surface area contributed by atoms with Gasteiger partial charge in [0.15, 0.2) is 0 Å². The zero-order valence-electron chi connectivity index (χ0n) is 16.4. The molecule has 1 saturated carbocycles. The maximum Gasteiger partial charge on any atom is 0.313 e. The van der Waals surface area contributed by atoms with Crippen LogP contribution in [0.1, 0.15) is 38.3 Å². The average molecular weight is 377 g/mol. The molecule has 27 heavy (non-hydrogen) atoms. The van der Waals surface area contributed by atoms with Crippen LogP contribution in [0.2, 0.25) is 0 Å². The van der Waals surface area contributed by atoms with Crippen LogP contribution < -0.4 is 0 Å². The van der Waals surface area contributed by atoms with Crippen LogP contribution in [0, 0.1) is 11.3 Å². The fraction of sp³-hybridized carbons (Fsp3) is 0.800. The number of hydrogen-bond acceptors (Lipinski definition) is 6. The van der Waals surface area contributed by atoms with Gasteiger partial charge in [0.25, 0.3) is 0 Å². The molecule has 1 aromatic heterocycles. The minimum atomic E-state index is -0.350. The van der Waals surface area contributed by atoms with Gasteiger partial charge in [0, 0.05) is 44.1 Å². The highest BCUT2D eigenvalue weighted by Crippen LogP contribution is 2.48. The standard InChI is InChI=1S/C20H32N4O3/c1-2-27-19(25)20-5-3-18(24-7-9-26-10-8-24)11-16(20)4-6-23(14-20)13-17-12-21-15-22-17/h12,15-16,18H,2-11,13-14H2,1H3,(H,21,22)/t16-,18-,20-/m1/s1. The molecule has 0 bridgehead atoms. The summed E-state index contributed by atoms with van der Waals surface area (Å²) >= 11 is 0.